The molecule has 0 aliphatic heterocycles. The van der Waals surface area contributed by atoms with E-state index in [1.807, 2.05) is 30.3 Å². The van der Waals surface area contributed by atoms with Crippen molar-refractivity contribution in [3.63, 3.8) is 0 Å². The summed E-state index contributed by atoms with van der Waals surface area (Å²) in [5.74, 6) is 0. The number of nitrogens with one attached hydrogen (secondary N) is 1. The van der Waals surface area contributed by atoms with E-state index in [2.05, 4.69) is 9.84 Å². The van der Waals surface area contributed by atoms with Gasteiger partial charge in [-0.2, -0.15) is 0 Å². The molecular formula is C8H11NO3P+. The highest BCUT2D eigenvalue weighted by Crippen LogP contribution is 2.13. The molecule has 1 rings (SSSR count). The first-order valence-corrected chi connectivity index (χ1v) is 5.00. The van der Waals surface area contributed by atoms with Gasteiger partial charge < -0.3 is 5.32 Å². The molecule has 70 valence electrons. The summed E-state index contributed by atoms with van der Waals surface area (Å²) in [7, 11) is -2.47. The zero-order valence-electron chi connectivity index (χ0n) is 7.01. The molecular weight excluding hydrogens is 189 g/mol. The summed E-state index contributed by atoms with van der Waals surface area (Å²) in [6, 6.07) is 9.58. The Balaban J connectivity index is 2.17. The van der Waals surface area contributed by atoms with Gasteiger partial charge in [-0.25, -0.2) is 0 Å². The van der Waals surface area contributed by atoms with Gasteiger partial charge in [-0.3, -0.25) is 0 Å². The van der Waals surface area contributed by atoms with Crippen molar-refractivity contribution in [3.8, 4) is 0 Å². The molecule has 0 spiro atoms. The van der Waals surface area contributed by atoms with Crippen molar-refractivity contribution < 1.29 is 14.0 Å². The summed E-state index contributed by atoms with van der Waals surface area (Å²) in [6.45, 7) is 0.742. The lowest BCUT2D eigenvalue weighted by Gasteiger charge is -2.01. The van der Waals surface area contributed by atoms with Crippen LogP contribution in [0.4, 0.5) is 5.69 Å². The molecule has 2 N–H and O–H groups in total. The van der Waals surface area contributed by atoms with Gasteiger partial charge >= 0.3 is 8.25 Å². The van der Waals surface area contributed by atoms with E-state index < -0.39 is 8.25 Å². The molecule has 0 bridgehead atoms. The molecule has 0 saturated carbocycles. The lowest BCUT2D eigenvalue weighted by molar-refractivity contribution is 0.293. The zero-order valence-corrected chi connectivity index (χ0v) is 7.91. The molecule has 0 aromatic heterocycles. The van der Waals surface area contributed by atoms with Gasteiger partial charge in [0, 0.05) is 16.8 Å². The highest BCUT2D eigenvalue weighted by atomic mass is 31.1. The Labute approximate surface area is 77.5 Å². The maximum atomic E-state index is 10.1. The number of para-hydroxylation sites is 1. The molecule has 1 aromatic carbocycles. The number of rotatable bonds is 5. The first-order chi connectivity index (χ1) is 6.29. The fraction of sp³-hybridized carbons (Fsp3) is 0.250. The molecule has 0 aliphatic rings. The van der Waals surface area contributed by atoms with Crippen LogP contribution in [0.15, 0.2) is 30.3 Å². The van der Waals surface area contributed by atoms with E-state index in [4.69, 9.17) is 4.89 Å². The topological polar surface area (TPSA) is 58.6 Å². The maximum Gasteiger partial charge on any atom is 0.694 e. The Hall–Kier alpha value is -0.960. The summed E-state index contributed by atoms with van der Waals surface area (Å²) in [5.41, 5.74) is 0.972. The second kappa shape index (κ2) is 5.65. The monoisotopic (exact) mass is 200 g/mol. The molecule has 0 aliphatic carbocycles. The lowest BCUT2D eigenvalue weighted by atomic mass is 10.3. The fourth-order valence-corrected chi connectivity index (χ4v) is 1.12. The van der Waals surface area contributed by atoms with E-state index in [0.29, 0.717) is 6.54 Å². The quantitative estimate of drug-likeness (QED) is 0.561. The molecule has 1 aromatic rings. The van der Waals surface area contributed by atoms with Gasteiger partial charge in [0.05, 0.1) is 0 Å². The Bertz CT molecular complexity index is 265. The van der Waals surface area contributed by atoms with Crippen molar-refractivity contribution in [1.29, 1.82) is 0 Å². The largest absolute Gasteiger partial charge is 0.694 e. The van der Waals surface area contributed by atoms with Crippen LogP contribution in [0.25, 0.3) is 0 Å². The van der Waals surface area contributed by atoms with Crippen molar-refractivity contribution in [2.24, 2.45) is 0 Å². The summed E-state index contributed by atoms with van der Waals surface area (Å²) in [6.07, 6.45) is 0. The SMILES string of the molecule is O=[P+](O)OCCNc1ccccc1. The van der Waals surface area contributed by atoms with Crippen LogP contribution in [0.1, 0.15) is 0 Å². The normalized spacial score (nSPS) is 11.0. The summed E-state index contributed by atoms with van der Waals surface area (Å²) in [4.78, 5) is 8.31. The Kier molecular flexibility index (Phi) is 4.40. The van der Waals surface area contributed by atoms with Crippen LogP contribution >= 0.6 is 8.25 Å². The van der Waals surface area contributed by atoms with Gasteiger partial charge in [0.15, 0.2) is 0 Å². The standard InChI is InChI=1S/C8H10NO3P/c10-13(11)12-7-6-9-8-4-2-1-3-5-8/h1-5,9H,6-7H2/p+1. The lowest BCUT2D eigenvalue weighted by Crippen LogP contribution is -2.06. The summed E-state index contributed by atoms with van der Waals surface area (Å²) in [5, 5.41) is 3.04. The number of anilines is 1. The van der Waals surface area contributed by atoms with Crippen molar-refractivity contribution in [2.75, 3.05) is 18.5 Å². The van der Waals surface area contributed by atoms with Gasteiger partial charge in [-0.15, -0.1) is 9.42 Å². The fourth-order valence-electron chi connectivity index (χ4n) is 0.875. The van der Waals surface area contributed by atoms with Crippen LogP contribution < -0.4 is 5.32 Å². The average molecular weight is 200 g/mol. The van der Waals surface area contributed by atoms with Crippen LogP contribution in [0.5, 0.6) is 0 Å². The Morgan fingerprint density at radius 2 is 2.08 bits per heavy atom. The minimum atomic E-state index is -2.47. The van der Waals surface area contributed by atoms with Gasteiger partial charge in [0.1, 0.15) is 6.61 Å². The molecule has 0 heterocycles. The van der Waals surface area contributed by atoms with E-state index in [1.165, 1.54) is 0 Å². The number of hydrogen-bond acceptors (Lipinski definition) is 3. The van der Waals surface area contributed by atoms with E-state index >= 15 is 0 Å². The highest BCUT2D eigenvalue weighted by molar-refractivity contribution is 7.32. The Morgan fingerprint density at radius 3 is 2.69 bits per heavy atom. The minimum absolute atomic E-state index is 0.223. The van der Waals surface area contributed by atoms with Crippen molar-refractivity contribution in [3.05, 3.63) is 30.3 Å². The molecule has 1 unspecified atom stereocenters. The minimum Gasteiger partial charge on any atom is -0.383 e. The summed E-state index contributed by atoms with van der Waals surface area (Å²) < 4.78 is 14.6. The van der Waals surface area contributed by atoms with E-state index in [0.717, 1.165) is 5.69 Å². The third kappa shape index (κ3) is 4.58. The molecule has 13 heavy (non-hydrogen) atoms. The predicted octanol–water partition coefficient (Wildman–Crippen LogP) is 1.76. The molecule has 4 nitrogen and oxygen atoms in total. The molecule has 0 amide bonds. The van der Waals surface area contributed by atoms with Crippen LogP contribution in [-0.4, -0.2) is 18.0 Å². The number of benzene rings is 1. The molecule has 0 saturated heterocycles. The first-order valence-electron chi connectivity index (χ1n) is 3.87. The Morgan fingerprint density at radius 1 is 1.38 bits per heavy atom. The van der Waals surface area contributed by atoms with Crippen molar-refractivity contribution in [2.45, 2.75) is 0 Å². The van der Waals surface area contributed by atoms with Crippen molar-refractivity contribution >= 4 is 13.9 Å². The van der Waals surface area contributed by atoms with E-state index in [1.54, 1.807) is 0 Å². The maximum absolute atomic E-state index is 10.1. The molecule has 5 heteroatoms. The van der Waals surface area contributed by atoms with Crippen LogP contribution in [0.3, 0.4) is 0 Å². The predicted molar refractivity (Wildman–Crippen MR) is 50.7 cm³/mol. The van der Waals surface area contributed by atoms with Gasteiger partial charge in [0.2, 0.25) is 0 Å². The summed E-state index contributed by atoms with van der Waals surface area (Å²) >= 11 is 0. The van der Waals surface area contributed by atoms with Crippen LogP contribution in [0, 0.1) is 0 Å². The van der Waals surface area contributed by atoms with E-state index in [9.17, 15) is 4.57 Å². The van der Waals surface area contributed by atoms with Crippen LogP contribution in [-0.2, 0) is 9.09 Å². The average Bonchev–Trinajstić information content (AvgIpc) is 2.14. The zero-order chi connectivity index (χ0) is 9.52. The van der Waals surface area contributed by atoms with E-state index in [-0.39, 0.29) is 6.61 Å². The third-order valence-corrected chi connectivity index (χ3v) is 1.81. The van der Waals surface area contributed by atoms with Gasteiger partial charge in [0.25, 0.3) is 0 Å². The molecule has 0 fully saturated rings. The second-order valence-corrected chi connectivity index (χ2v) is 3.10. The van der Waals surface area contributed by atoms with Gasteiger partial charge in [-0.05, 0) is 12.1 Å². The number of hydrogen-bond donors (Lipinski definition) is 2. The third-order valence-electron chi connectivity index (χ3n) is 1.41. The van der Waals surface area contributed by atoms with Crippen LogP contribution in [0.2, 0.25) is 0 Å². The smallest absolute Gasteiger partial charge is 0.383 e. The van der Waals surface area contributed by atoms with Gasteiger partial charge in [-0.1, -0.05) is 18.2 Å². The second-order valence-electron chi connectivity index (χ2n) is 2.36. The first kappa shape index (κ1) is 10.1. The van der Waals surface area contributed by atoms with Crippen molar-refractivity contribution in [1.82, 2.24) is 0 Å². The molecule has 1 atom stereocenters. The highest BCUT2D eigenvalue weighted by Gasteiger charge is 2.09. The molecule has 0 radical (unpaired) electrons.